The summed E-state index contributed by atoms with van der Waals surface area (Å²) >= 11 is 0. The Hall–Kier alpha value is -1.30. The first kappa shape index (κ1) is 15.1. The Morgan fingerprint density at radius 3 is 2.60 bits per heavy atom. The summed E-state index contributed by atoms with van der Waals surface area (Å²) in [7, 11) is 3.34. The molecule has 0 spiro atoms. The van der Waals surface area contributed by atoms with E-state index in [9.17, 15) is 5.11 Å². The number of nitrogens with zero attached hydrogens (tertiary/aromatic N) is 1. The number of piperazine rings is 1. The van der Waals surface area contributed by atoms with Gasteiger partial charge in [0.1, 0.15) is 11.5 Å². The van der Waals surface area contributed by atoms with E-state index in [4.69, 9.17) is 9.47 Å². The Kier molecular flexibility index (Phi) is 5.64. The molecule has 1 saturated heterocycles. The summed E-state index contributed by atoms with van der Waals surface area (Å²) in [5.74, 6) is 1.67. The lowest BCUT2D eigenvalue weighted by atomic mass is 10.00. The second-order valence-electron chi connectivity index (χ2n) is 4.92. The molecule has 0 bridgehead atoms. The van der Waals surface area contributed by atoms with Gasteiger partial charge in [-0.25, -0.2) is 0 Å². The van der Waals surface area contributed by atoms with Crippen molar-refractivity contribution < 1.29 is 14.6 Å². The summed E-state index contributed by atoms with van der Waals surface area (Å²) in [4.78, 5) is 2.39. The van der Waals surface area contributed by atoms with Crippen LogP contribution in [-0.4, -0.2) is 57.0 Å². The van der Waals surface area contributed by atoms with Gasteiger partial charge in [-0.3, -0.25) is 4.90 Å². The van der Waals surface area contributed by atoms with Gasteiger partial charge >= 0.3 is 0 Å². The van der Waals surface area contributed by atoms with E-state index in [1.165, 1.54) is 0 Å². The lowest BCUT2D eigenvalue weighted by Gasteiger charge is -2.35. The Balaban J connectivity index is 2.30. The van der Waals surface area contributed by atoms with Crippen molar-refractivity contribution in [2.45, 2.75) is 12.5 Å². The monoisotopic (exact) mass is 280 g/mol. The molecule has 5 heteroatoms. The van der Waals surface area contributed by atoms with Crippen LogP contribution < -0.4 is 14.8 Å². The van der Waals surface area contributed by atoms with Crippen molar-refractivity contribution in [3.05, 3.63) is 23.8 Å². The summed E-state index contributed by atoms with van der Waals surface area (Å²) in [5.41, 5.74) is 1.09. The van der Waals surface area contributed by atoms with Crippen molar-refractivity contribution in [3.8, 4) is 11.5 Å². The zero-order chi connectivity index (χ0) is 14.4. The number of nitrogens with one attached hydrogen (secondary N) is 1. The summed E-state index contributed by atoms with van der Waals surface area (Å²) < 4.78 is 10.8. The van der Waals surface area contributed by atoms with Gasteiger partial charge in [0.15, 0.2) is 0 Å². The van der Waals surface area contributed by atoms with E-state index < -0.39 is 0 Å². The number of aliphatic hydroxyl groups excluding tert-OH is 1. The first-order valence-electron chi connectivity index (χ1n) is 7.07. The van der Waals surface area contributed by atoms with E-state index in [1.807, 2.05) is 18.2 Å². The van der Waals surface area contributed by atoms with Gasteiger partial charge in [0.05, 0.1) is 14.2 Å². The predicted molar refractivity (Wildman–Crippen MR) is 78.4 cm³/mol. The number of benzene rings is 1. The van der Waals surface area contributed by atoms with E-state index in [-0.39, 0.29) is 12.6 Å². The number of methoxy groups -OCH3 is 2. The highest BCUT2D eigenvalue weighted by Gasteiger charge is 2.24. The van der Waals surface area contributed by atoms with Crippen molar-refractivity contribution in [1.29, 1.82) is 0 Å². The topological polar surface area (TPSA) is 54.0 Å². The minimum Gasteiger partial charge on any atom is -0.497 e. The molecule has 1 fully saturated rings. The van der Waals surface area contributed by atoms with Crippen LogP contribution in [0.25, 0.3) is 0 Å². The van der Waals surface area contributed by atoms with Crippen LogP contribution in [0, 0.1) is 0 Å². The molecule has 1 aromatic carbocycles. The first-order valence-corrected chi connectivity index (χ1v) is 7.07. The zero-order valence-electron chi connectivity index (χ0n) is 12.3. The molecule has 1 aromatic rings. The van der Waals surface area contributed by atoms with E-state index in [2.05, 4.69) is 10.2 Å². The van der Waals surface area contributed by atoms with E-state index in [1.54, 1.807) is 14.2 Å². The van der Waals surface area contributed by atoms with Crippen LogP contribution in [0.5, 0.6) is 11.5 Å². The molecule has 1 atom stereocenters. The van der Waals surface area contributed by atoms with E-state index in [0.717, 1.165) is 43.2 Å². The molecule has 1 aliphatic heterocycles. The highest BCUT2D eigenvalue weighted by Crippen LogP contribution is 2.34. The summed E-state index contributed by atoms with van der Waals surface area (Å²) in [5, 5.41) is 12.8. The normalized spacial score (nSPS) is 17.8. The van der Waals surface area contributed by atoms with Crippen molar-refractivity contribution in [2.75, 3.05) is 47.0 Å². The third kappa shape index (κ3) is 3.42. The maximum atomic E-state index is 9.40. The number of ether oxygens (including phenoxy) is 2. The molecule has 0 aliphatic carbocycles. The van der Waals surface area contributed by atoms with Crippen LogP contribution in [0.4, 0.5) is 0 Å². The van der Waals surface area contributed by atoms with Gasteiger partial charge in [-0.1, -0.05) is 0 Å². The van der Waals surface area contributed by atoms with Gasteiger partial charge in [-0.05, 0) is 24.6 Å². The van der Waals surface area contributed by atoms with Crippen LogP contribution >= 0.6 is 0 Å². The molecule has 112 valence electrons. The molecule has 5 nitrogen and oxygen atoms in total. The Bertz CT molecular complexity index is 420. The Morgan fingerprint density at radius 2 is 2.00 bits per heavy atom. The maximum Gasteiger partial charge on any atom is 0.123 e. The third-order valence-corrected chi connectivity index (χ3v) is 3.79. The molecule has 0 saturated carbocycles. The predicted octanol–water partition coefficient (Wildman–Crippen LogP) is 1.03. The van der Waals surface area contributed by atoms with Crippen LogP contribution in [-0.2, 0) is 0 Å². The van der Waals surface area contributed by atoms with Crippen molar-refractivity contribution in [3.63, 3.8) is 0 Å². The number of aliphatic hydroxyl groups is 1. The van der Waals surface area contributed by atoms with Crippen molar-refractivity contribution >= 4 is 0 Å². The van der Waals surface area contributed by atoms with Crippen LogP contribution in [0.2, 0.25) is 0 Å². The number of hydrogen-bond donors (Lipinski definition) is 2. The maximum absolute atomic E-state index is 9.40. The van der Waals surface area contributed by atoms with Crippen LogP contribution in [0.3, 0.4) is 0 Å². The van der Waals surface area contributed by atoms with E-state index in [0.29, 0.717) is 6.42 Å². The third-order valence-electron chi connectivity index (χ3n) is 3.79. The van der Waals surface area contributed by atoms with Gasteiger partial charge in [-0.15, -0.1) is 0 Å². The van der Waals surface area contributed by atoms with Gasteiger partial charge in [0.2, 0.25) is 0 Å². The fourth-order valence-electron chi connectivity index (χ4n) is 2.75. The average Bonchev–Trinajstić information content (AvgIpc) is 2.53. The standard InChI is InChI=1S/C15H24N2O3/c1-19-12-3-4-15(20-2)13(11-12)14(5-10-18)17-8-6-16-7-9-17/h3-4,11,14,16,18H,5-10H2,1-2H3/t14-/m1/s1. The smallest absolute Gasteiger partial charge is 0.123 e. The van der Waals surface area contributed by atoms with Crippen molar-refractivity contribution in [2.24, 2.45) is 0 Å². The van der Waals surface area contributed by atoms with Gasteiger partial charge in [0, 0.05) is 44.4 Å². The molecule has 0 aromatic heterocycles. The first-order chi connectivity index (χ1) is 9.80. The summed E-state index contributed by atoms with van der Waals surface area (Å²) in [6.45, 7) is 4.08. The molecule has 2 N–H and O–H groups in total. The second-order valence-corrected chi connectivity index (χ2v) is 4.92. The highest BCUT2D eigenvalue weighted by atomic mass is 16.5. The molecule has 20 heavy (non-hydrogen) atoms. The second kappa shape index (κ2) is 7.47. The molecule has 1 aliphatic rings. The fraction of sp³-hybridized carbons (Fsp3) is 0.600. The largest absolute Gasteiger partial charge is 0.497 e. The van der Waals surface area contributed by atoms with Gasteiger partial charge < -0.3 is 19.9 Å². The minimum atomic E-state index is 0.159. The van der Waals surface area contributed by atoms with Crippen LogP contribution in [0.15, 0.2) is 18.2 Å². The number of hydrogen-bond acceptors (Lipinski definition) is 5. The molecular formula is C15H24N2O3. The lowest BCUT2D eigenvalue weighted by molar-refractivity contribution is 0.138. The minimum absolute atomic E-state index is 0.159. The van der Waals surface area contributed by atoms with Gasteiger partial charge in [-0.2, -0.15) is 0 Å². The zero-order valence-corrected chi connectivity index (χ0v) is 12.3. The molecule has 2 rings (SSSR count). The Morgan fingerprint density at radius 1 is 1.25 bits per heavy atom. The van der Waals surface area contributed by atoms with Crippen molar-refractivity contribution in [1.82, 2.24) is 10.2 Å². The highest BCUT2D eigenvalue weighted by molar-refractivity contribution is 5.42. The van der Waals surface area contributed by atoms with E-state index >= 15 is 0 Å². The molecular weight excluding hydrogens is 256 g/mol. The molecule has 0 radical (unpaired) electrons. The SMILES string of the molecule is COc1ccc(OC)c([C@@H](CCO)N2CCNCC2)c1. The summed E-state index contributed by atoms with van der Waals surface area (Å²) in [6, 6.07) is 6.00. The average molecular weight is 280 g/mol. The quantitative estimate of drug-likeness (QED) is 0.815. The molecule has 1 heterocycles. The molecule has 0 unspecified atom stereocenters. The van der Waals surface area contributed by atoms with Gasteiger partial charge in [0.25, 0.3) is 0 Å². The Labute approximate surface area is 120 Å². The number of rotatable bonds is 6. The van der Waals surface area contributed by atoms with Crippen LogP contribution in [0.1, 0.15) is 18.0 Å². The lowest BCUT2D eigenvalue weighted by Crippen LogP contribution is -2.45. The molecule has 0 amide bonds. The summed E-state index contributed by atoms with van der Waals surface area (Å²) in [6.07, 6.45) is 0.698. The fourth-order valence-corrected chi connectivity index (χ4v) is 2.75.